The average Bonchev–Trinajstić information content (AvgIpc) is 2.72. The summed E-state index contributed by atoms with van der Waals surface area (Å²) in [5.41, 5.74) is 2.56. The van der Waals surface area contributed by atoms with Crippen molar-refractivity contribution >= 4 is 0 Å². The van der Waals surface area contributed by atoms with Crippen LogP contribution in [0.25, 0.3) is 0 Å². The van der Waals surface area contributed by atoms with Crippen molar-refractivity contribution in [1.82, 2.24) is 5.32 Å². The Morgan fingerprint density at radius 1 is 1.35 bits per heavy atom. The first-order valence-electron chi connectivity index (χ1n) is 6.57. The lowest BCUT2D eigenvalue weighted by Gasteiger charge is -2.17. The van der Waals surface area contributed by atoms with E-state index in [9.17, 15) is 0 Å². The molecule has 1 saturated carbocycles. The molecule has 94 valence electrons. The van der Waals surface area contributed by atoms with Gasteiger partial charge in [0, 0.05) is 12.6 Å². The number of ether oxygens (including phenoxy) is 1. The SMILES string of the molecule is COc1ccc(CNC2CCCC2C)cc1C. The first-order valence-corrected chi connectivity index (χ1v) is 6.57. The maximum Gasteiger partial charge on any atom is 0.121 e. The highest BCUT2D eigenvalue weighted by molar-refractivity contribution is 5.36. The van der Waals surface area contributed by atoms with Gasteiger partial charge in [0.15, 0.2) is 0 Å². The molecule has 1 aliphatic carbocycles. The Morgan fingerprint density at radius 3 is 2.76 bits per heavy atom. The van der Waals surface area contributed by atoms with Crippen LogP contribution < -0.4 is 10.1 Å². The molecular formula is C15H23NO. The molecule has 1 aliphatic rings. The number of hydrogen-bond donors (Lipinski definition) is 1. The van der Waals surface area contributed by atoms with E-state index in [4.69, 9.17) is 4.74 Å². The molecule has 1 fully saturated rings. The molecule has 17 heavy (non-hydrogen) atoms. The van der Waals surface area contributed by atoms with Gasteiger partial charge in [0.25, 0.3) is 0 Å². The van der Waals surface area contributed by atoms with E-state index in [1.54, 1.807) is 7.11 Å². The van der Waals surface area contributed by atoms with Crippen LogP contribution in [-0.4, -0.2) is 13.2 Å². The fourth-order valence-corrected chi connectivity index (χ4v) is 2.75. The molecule has 0 saturated heterocycles. The van der Waals surface area contributed by atoms with Gasteiger partial charge >= 0.3 is 0 Å². The van der Waals surface area contributed by atoms with E-state index in [0.29, 0.717) is 6.04 Å². The average molecular weight is 233 g/mol. The Hall–Kier alpha value is -1.02. The van der Waals surface area contributed by atoms with Crippen molar-refractivity contribution in [3.05, 3.63) is 29.3 Å². The van der Waals surface area contributed by atoms with E-state index in [1.807, 2.05) is 0 Å². The standard InChI is InChI=1S/C15H23NO/c1-11-5-4-6-14(11)16-10-13-7-8-15(17-3)12(2)9-13/h7-9,11,14,16H,4-6,10H2,1-3H3. The highest BCUT2D eigenvalue weighted by atomic mass is 16.5. The summed E-state index contributed by atoms with van der Waals surface area (Å²) in [7, 11) is 1.72. The summed E-state index contributed by atoms with van der Waals surface area (Å²) < 4.78 is 5.27. The normalized spacial score (nSPS) is 23.9. The molecule has 2 unspecified atom stereocenters. The second-order valence-electron chi connectivity index (χ2n) is 5.20. The molecule has 1 aromatic rings. The Bertz CT molecular complexity index is 375. The molecule has 0 heterocycles. The van der Waals surface area contributed by atoms with E-state index >= 15 is 0 Å². The summed E-state index contributed by atoms with van der Waals surface area (Å²) in [4.78, 5) is 0. The van der Waals surface area contributed by atoms with Crippen molar-refractivity contribution in [3.8, 4) is 5.75 Å². The highest BCUT2D eigenvalue weighted by Gasteiger charge is 2.22. The first kappa shape index (κ1) is 12.4. The van der Waals surface area contributed by atoms with Gasteiger partial charge in [-0.3, -0.25) is 0 Å². The Labute approximate surface area is 104 Å². The zero-order chi connectivity index (χ0) is 12.3. The summed E-state index contributed by atoms with van der Waals surface area (Å²) in [6.45, 7) is 5.42. The lowest BCUT2D eigenvalue weighted by molar-refractivity contribution is 0.410. The zero-order valence-corrected chi connectivity index (χ0v) is 11.1. The van der Waals surface area contributed by atoms with Crippen LogP contribution in [0.4, 0.5) is 0 Å². The van der Waals surface area contributed by atoms with E-state index in [2.05, 4.69) is 37.4 Å². The van der Waals surface area contributed by atoms with Crippen LogP contribution in [0.15, 0.2) is 18.2 Å². The third-order valence-electron chi connectivity index (χ3n) is 3.89. The molecule has 0 amide bonds. The van der Waals surface area contributed by atoms with Crippen LogP contribution >= 0.6 is 0 Å². The van der Waals surface area contributed by atoms with Crippen LogP contribution in [0, 0.1) is 12.8 Å². The number of nitrogens with one attached hydrogen (secondary N) is 1. The molecule has 0 aliphatic heterocycles. The molecule has 1 N–H and O–H groups in total. The van der Waals surface area contributed by atoms with Crippen molar-refractivity contribution in [3.63, 3.8) is 0 Å². The summed E-state index contributed by atoms with van der Waals surface area (Å²) >= 11 is 0. The lowest BCUT2D eigenvalue weighted by atomic mass is 10.1. The van der Waals surface area contributed by atoms with Gasteiger partial charge in [-0.1, -0.05) is 25.5 Å². The fourth-order valence-electron chi connectivity index (χ4n) is 2.75. The van der Waals surface area contributed by atoms with Crippen LogP contribution in [0.5, 0.6) is 5.75 Å². The van der Waals surface area contributed by atoms with Gasteiger partial charge in [-0.2, -0.15) is 0 Å². The monoisotopic (exact) mass is 233 g/mol. The minimum atomic E-state index is 0.706. The second kappa shape index (κ2) is 5.54. The van der Waals surface area contributed by atoms with Crippen LogP contribution in [0.3, 0.4) is 0 Å². The van der Waals surface area contributed by atoms with Crippen molar-refractivity contribution in [2.45, 2.75) is 45.7 Å². The third-order valence-corrected chi connectivity index (χ3v) is 3.89. The van der Waals surface area contributed by atoms with Crippen molar-refractivity contribution in [2.24, 2.45) is 5.92 Å². The van der Waals surface area contributed by atoms with Crippen LogP contribution in [0.1, 0.15) is 37.3 Å². The summed E-state index contributed by atoms with van der Waals surface area (Å²) in [6.07, 6.45) is 4.08. The minimum Gasteiger partial charge on any atom is -0.496 e. The number of hydrogen-bond acceptors (Lipinski definition) is 2. The molecule has 0 bridgehead atoms. The van der Waals surface area contributed by atoms with E-state index in [1.165, 1.54) is 30.4 Å². The van der Waals surface area contributed by atoms with Gasteiger partial charge in [-0.15, -0.1) is 0 Å². The highest BCUT2D eigenvalue weighted by Crippen LogP contribution is 2.25. The number of rotatable bonds is 4. The van der Waals surface area contributed by atoms with Gasteiger partial charge in [0.05, 0.1) is 7.11 Å². The molecule has 0 radical (unpaired) electrons. The van der Waals surface area contributed by atoms with E-state index < -0.39 is 0 Å². The summed E-state index contributed by atoms with van der Waals surface area (Å²) in [6, 6.07) is 7.13. The predicted octanol–water partition coefficient (Wildman–Crippen LogP) is 3.28. The molecular weight excluding hydrogens is 210 g/mol. The summed E-state index contributed by atoms with van der Waals surface area (Å²) in [5.74, 6) is 1.80. The van der Waals surface area contributed by atoms with Gasteiger partial charge in [-0.05, 0) is 42.9 Å². The molecule has 0 aromatic heterocycles. The van der Waals surface area contributed by atoms with E-state index in [-0.39, 0.29) is 0 Å². The van der Waals surface area contributed by atoms with Gasteiger partial charge in [0.1, 0.15) is 5.75 Å². The molecule has 1 aromatic carbocycles. The third kappa shape index (κ3) is 3.01. The van der Waals surface area contributed by atoms with Gasteiger partial charge < -0.3 is 10.1 Å². The van der Waals surface area contributed by atoms with Crippen molar-refractivity contribution < 1.29 is 4.74 Å². The maximum atomic E-state index is 5.27. The van der Waals surface area contributed by atoms with Crippen LogP contribution in [-0.2, 0) is 6.54 Å². The molecule has 0 spiro atoms. The molecule has 2 nitrogen and oxygen atoms in total. The van der Waals surface area contributed by atoms with E-state index in [0.717, 1.165) is 18.2 Å². The Balaban J connectivity index is 1.92. The largest absolute Gasteiger partial charge is 0.496 e. The topological polar surface area (TPSA) is 21.3 Å². The first-order chi connectivity index (χ1) is 8.20. The fraction of sp³-hybridized carbons (Fsp3) is 0.600. The molecule has 2 atom stereocenters. The minimum absolute atomic E-state index is 0.706. The number of methoxy groups -OCH3 is 1. The molecule has 2 heteroatoms. The van der Waals surface area contributed by atoms with Crippen molar-refractivity contribution in [1.29, 1.82) is 0 Å². The smallest absolute Gasteiger partial charge is 0.121 e. The molecule has 2 rings (SSSR count). The van der Waals surface area contributed by atoms with Gasteiger partial charge in [0.2, 0.25) is 0 Å². The van der Waals surface area contributed by atoms with Crippen molar-refractivity contribution in [2.75, 3.05) is 7.11 Å². The number of aryl methyl sites for hydroxylation is 1. The Morgan fingerprint density at radius 2 is 2.18 bits per heavy atom. The summed E-state index contributed by atoms with van der Waals surface area (Å²) in [5, 5.41) is 3.67. The quantitative estimate of drug-likeness (QED) is 0.861. The van der Waals surface area contributed by atoms with Gasteiger partial charge in [-0.25, -0.2) is 0 Å². The zero-order valence-electron chi connectivity index (χ0n) is 11.1. The lowest BCUT2D eigenvalue weighted by Crippen LogP contribution is -2.30. The maximum absolute atomic E-state index is 5.27. The predicted molar refractivity (Wildman–Crippen MR) is 71.4 cm³/mol. The Kier molecular flexibility index (Phi) is 4.06. The number of benzene rings is 1. The van der Waals surface area contributed by atoms with Crippen LogP contribution in [0.2, 0.25) is 0 Å². The second-order valence-corrected chi connectivity index (χ2v) is 5.20.